The molecule has 0 radical (unpaired) electrons. The summed E-state index contributed by atoms with van der Waals surface area (Å²) in [5, 5.41) is 21.3. The lowest BCUT2D eigenvalue weighted by Gasteiger charge is -2.42. The minimum Gasteiger partial charge on any atom is -0.534 e. The molecule has 0 spiro atoms. The van der Waals surface area contributed by atoms with E-state index < -0.39 is 13.1 Å². The van der Waals surface area contributed by atoms with Gasteiger partial charge in [0.15, 0.2) is 5.17 Å². The van der Waals surface area contributed by atoms with Gasteiger partial charge in [-0.1, -0.05) is 17.8 Å². The molecule has 0 bridgehead atoms. The Morgan fingerprint density at radius 3 is 2.96 bits per heavy atom. The molecule has 1 aromatic rings. The number of carboxylic acid groups (broad SMARTS) is 1. The summed E-state index contributed by atoms with van der Waals surface area (Å²) < 4.78 is 10.7. The molecule has 7 nitrogen and oxygen atoms in total. The fourth-order valence-corrected chi connectivity index (χ4v) is 5.72. The highest BCUT2D eigenvalue weighted by Crippen LogP contribution is 2.40. The molecule has 0 aromatic heterocycles. The maximum absolute atomic E-state index is 11.6. The first kappa shape index (κ1) is 17.9. The van der Waals surface area contributed by atoms with Crippen LogP contribution in [0.1, 0.15) is 15.9 Å². The van der Waals surface area contributed by atoms with Crippen molar-refractivity contribution in [3.63, 3.8) is 0 Å². The molecule has 138 valence electrons. The van der Waals surface area contributed by atoms with Crippen molar-refractivity contribution in [1.29, 1.82) is 0 Å². The minimum atomic E-state index is -1.12. The summed E-state index contributed by atoms with van der Waals surface area (Å²) in [5.41, 5.74) is 0.761. The monoisotopic (exact) mass is 394 g/mol. The zero-order chi connectivity index (χ0) is 18.3. The fraction of sp³-hybridized carbons (Fsp3) is 0.500. The van der Waals surface area contributed by atoms with E-state index in [1.165, 1.54) is 7.11 Å². The number of methoxy groups -OCH3 is 1. The fourth-order valence-electron chi connectivity index (χ4n) is 3.35. The van der Waals surface area contributed by atoms with Crippen molar-refractivity contribution in [3.8, 4) is 11.5 Å². The number of ether oxygens (including phenoxy) is 1. The Kier molecular flexibility index (Phi) is 4.98. The second-order valence-corrected chi connectivity index (χ2v) is 8.97. The van der Waals surface area contributed by atoms with Crippen LogP contribution in [0.2, 0.25) is 0 Å². The van der Waals surface area contributed by atoms with E-state index >= 15 is 0 Å². The molecule has 26 heavy (non-hydrogen) atoms. The number of aliphatic imine (C=N–C) groups is 1. The number of hydrogen-bond acceptors (Lipinski definition) is 8. The number of likely N-dealkylation sites (tertiary alicyclic amines) is 1. The Morgan fingerprint density at radius 1 is 1.50 bits per heavy atom. The summed E-state index contributed by atoms with van der Waals surface area (Å²) in [6.45, 7) is 2.75. The van der Waals surface area contributed by atoms with E-state index in [0.717, 1.165) is 36.1 Å². The van der Waals surface area contributed by atoms with Gasteiger partial charge in [0.05, 0.1) is 18.8 Å². The number of carbonyl (C=O) groups is 1. The number of nitrogens with zero attached hydrogens (tertiary/aromatic N) is 2. The van der Waals surface area contributed by atoms with Gasteiger partial charge in [0.2, 0.25) is 0 Å². The van der Waals surface area contributed by atoms with Crippen LogP contribution in [0.25, 0.3) is 0 Å². The van der Waals surface area contributed by atoms with Crippen molar-refractivity contribution < 1.29 is 24.3 Å². The first-order valence-electron chi connectivity index (χ1n) is 8.42. The Hall–Kier alpha value is -1.52. The van der Waals surface area contributed by atoms with Crippen molar-refractivity contribution in [1.82, 2.24) is 4.90 Å². The van der Waals surface area contributed by atoms with Gasteiger partial charge in [0, 0.05) is 24.1 Å². The summed E-state index contributed by atoms with van der Waals surface area (Å²) in [6.07, 6.45) is 0.567. The van der Waals surface area contributed by atoms with Crippen LogP contribution in [-0.4, -0.2) is 76.2 Å². The normalized spacial score (nSPS) is 22.4. The van der Waals surface area contributed by atoms with Crippen molar-refractivity contribution >= 4 is 41.8 Å². The number of carboxylic acids is 1. The predicted molar refractivity (Wildman–Crippen MR) is 104 cm³/mol. The molecule has 3 heterocycles. The van der Waals surface area contributed by atoms with E-state index in [4.69, 9.17) is 9.39 Å². The standard InChI is InChI=1S/C16H19BN2O5S2/c1-23-11-3-2-9-6-12(17(22)24-14(9)13(11)15(20)21)26-10-7-19(8-10)16-18-4-5-25-16/h2-3,10,12,22H,4-8H2,1H3,(H,20,21). The van der Waals surface area contributed by atoms with Crippen LogP contribution in [-0.2, 0) is 6.42 Å². The smallest absolute Gasteiger partial charge is 0.534 e. The van der Waals surface area contributed by atoms with Crippen molar-refractivity contribution in [3.05, 3.63) is 23.3 Å². The van der Waals surface area contributed by atoms with Gasteiger partial charge in [-0.25, -0.2) is 4.79 Å². The molecule has 0 amide bonds. The van der Waals surface area contributed by atoms with Gasteiger partial charge in [-0.3, -0.25) is 4.99 Å². The van der Waals surface area contributed by atoms with Crippen molar-refractivity contribution in [2.24, 2.45) is 4.99 Å². The number of amidine groups is 1. The van der Waals surface area contributed by atoms with Crippen LogP contribution in [0.4, 0.5) is 0 Å². The van der Waals surface area contributed by atoms with Gasteiger partial charge < -0.3 is 24.4 Å². The molecule has 1 fully saturated rings. The average molecular weight is 394 g/mol. The van der Waals surface area contributed by atoms with E-state index in [-0.39, 0.29) is 22.2 Å². The van der Waals surface area contributed by atoms with Crippen LogP contribution in [0.3, 0.4) is 0 Å². The highest BCUT2D eigenvalue weighted by atomic mass is 32.2. The molecule has 2 N–H and O–H groups in total. The van der Waals surface area contributed by atoms with Crippen LogP contribution in [0, 0.1) is 0 Å². The number of hydrogen-bond donors (Lipinski definition) is 2. The lowest BCUT2D eigenvalue weighted by Crippen LogP contribution is -2.53. The molecule has 0 aliphatic carbocycles. The molecular formula is C16H19BN2O5S2. The SMILES string of the molecule is COc1ccc2c(c1C(=O)O)OB(O)C(SC1CN(C3=NCCS3)C1)C2. The van der Waals surface area contributed by atoms with Crippen molar-refractivity contribution in [2.75, 3.05) is 32.5 Å². The van der Waals surface area contributed by atoms with Crippen molar-refractivity contribution in [2.45, 2.75) is 16.8 Å². The number of benzene rings is 1. The zero-order valence-corrected chi connectivity index (χ0v) is 15.9. The van der Waals surface area contributed by atoms with Gasteiger partial charge in [-0.05, 0) is 18.1 Å². The maximum Gasteiger partial charge on any atom is 0.536 e. The number of thioether (sulfide) groups is 2. The zero-order valence-electron chi connectivity index (χ0n) is 14.3. The largest absolute Gasteiger partial charge is 0.536 e. The van der Waals surface area contributed by atoms with Crippen LogP contribution in [0.5, 0.6) is 11.5 Å². The molecule has 3 aliphatic heterocycles. The topological polar surface area (TPSA) is 91.6 Å². The van der Waals surface area contributed by atoms with E-state index in [2.05, 4.69) is 9.89 Å². The summed E-state index contributed by atoms with van der Waals surface area (Å²) in [6, 6.07) is 3.46. The second kappa shape index (κ2) is 7.24. The highest BCUT2D eigenvalue weighted by Gasteiger charge is 2.42. The molecule has 10 heteroatoms. The molecule has 1 unspecified atom stereocenters. The third-order valence-corrected chi connectivity index (χ3v) is 7.13. The molecule has 1 aromatic carbocycles. The molecular weight excluding hydrogens is 375 g/mol. The van der Waals surface area contributed by atoms with Gasteiger partial charge in [0.1, 0.15) is 17.1 Å². The maximum atomic E-state index is 11.6. The first-order chi connectivity index (χ1) is 12.6. The Balaban J connectivity index is 1.44. The first-order valence-corrected chi connectivity index (χ1v) is 10.3. The Bertz CT molecular complexity index is 756. The average Bonchev–Trinajstić information content (AvgIpc) is 3.10. The second-order valence-electron chi connectivity index (χ2n) is 6.36. The molecule has 4 rings (SSSR count). The quantitative estimate of drug-likeness (QED) is 0.738. The summed E-state index contributed by atoms with van der Waals surface area (Å²) in [5.74, 6) is 0.388. The van der Waals surface area contributed by atoms with Crippen LogP contribution in [0.15, 0.2) is 17.1 Å². The summed E-state index contributed by atoms with van der Waals surface area (Å²) in [7, 11) is 0.381. The van der Waals surface area contributed by atoms with E-state index in [1.807, 2.05) is 6.07 Å². The lowest BCUT2D eigenvalue weighted by molar-refractivity contribution is 0.0690. The highest BCUT2D eigenvalue weighted by molar-refractivity contribution is 8.14. The van der Waals surface area contributed by atoms with Crippen LogP contribution >= 0.6 is 23.5 Å². The summed E-state index contributed by atoms with van der Waals surface area (Å²) >= 11 is 3.50. The predicted octanol–water partition coefficient (Wildman–Crippen LogP) is 1.24. The molecule has 0 saturated carbocycles. The minimum absolute atomic E-state index is 0.0291. The number of aromatic carboxylic acids is 1. The number of fused-ring (bicyclic) bond motifs is 1. The molecule has 3 aliphatic rings. The lowest BCUT2D eigenvalue weighted by atomic mass is 9.77. The molecule has 1 saturated heterocycles. The van der Waals surface area contributed by atoms with Gasteiger partial charge >= 0.3 is 13.1 Å². The van der Waals surface area contributed by atoms with Gasteiger partial charge in [-0.15, -0.1) is 0 Å². The molecule has 1 atom stereocenters. The van der Waals surface area contributed by atoms with Gasteiger partial charge in [-0.2, -0.15) is 11.8 Å². The third kappa shape index (κ3) is 3.25. The van der Waals surface area contributed by atoms with Crippen LogP contribution < -0.4 is 9.39 Å². The van der Waals surface area contributed by atoms with Gasteiger partial charge in [0.25, 0.3) is 0 Å². The summed E-state index contributed by atoms with van der Waals surface area (Å²) in [4.78, 5) is 18.3. The Labute approximate surface area is 160 Å². The Morgan fingerprint density at radius 2 is 2.31 bits per heavy atom. The van der Waals surface area contributed by atoms with E-state index in [0.29, 0.717) is 11.7 Å². The third-order valence-electron chi connectivity index (χ3n) is 4.67. The number of rotatable bonds is 4. The van der Waals surface area contributed by atoms with E-state index in [9.17, 15) is 14.9 Å². The van der Waals surface area contributed by atoms with E-state index in [1.54, 1.807) is 29.6 Å².